The fourth-order valence-corrected chi connectivity index (χ4v) is 1.26. The van der Waals surface area contributed by atoms with Gasteiger partial charge in [-0.25, -0.2) is 0 Å². The molecule has 0 heterocycles. The zero-order valence-corrected chi connectivity index (χ0v) is 10.2. The van der Waals surface area contributed by atoms with Gasteiger partial charge in [-0.2, -0.15) is 0 Å². The lowest BCUT2D eigenvalue weighted by atomic mass is 9.94. The maximum Gasteiger partial charge on any atom is 0.0343 e. The van der Waals surface area contributed by atoms with Gasteiger partial charge in [-0.05, 0) is 49.1 Å². The normalized spacial score (nSPS) is 11.5. The van der Waals surface area contributed by atoms with Crippen LogP contribution in [-0.2, 0) is 0 Å². The molecule has 0 saturated heterocycles. The Labute approximate surface area is 92.9 Å². The van der Waals surface area contributed by atoms with Gasteiger partial charge in [0.15, 0.2) is 0 Å². The van der Waals surface area contributed by atoms with Gasteiger partial charge in [0.25, 0.3) is 0 Å². The van der Waals surface area contributed by atoms with Crippen molar-refractivity contribution < 1.29 is 0 Å². The van der Waals surface area contributed by atoms with E-state index >= 15 is 0 Å². The van der Waals surface area contributed by atoms with Crippen LogP contribution in [0.15, 0.2) is 18.2 Å². The Kier molecular flexibility index (Phi) is 3.75. The van der Waals surface area contributed by atoms with E-state index in [2.05, 4.69) is 51.2 Å². The smallest absolute Gasteiger partial charge is 0.0343 e. The lowest BCUT2D eigenvalue weighted by Gasteiger charge is -2.23. The molecule has 0 saturated carbocycles. The number of benzene rings is 1. The van der Waals surface area contributed by atoms with Gasteiger partial charge in [0, 0.05) is 12.2 Å². The van der Waals surface area contributed by atoms with Crippen LogP contribution in [0.3, 0.4) is 0 Å². The number of aryl methyl sites for hydroxylation is 2. The molecule has 15 heavy (non-hydrogen) atoms. The van der Waals surface area contributed by atoms with Crippen LogP contribution in [-0.4, -0.2) is 13.1 Å². The van der Waals surface area contributed by atoms with Crippen molar-refractivity contribution in [3.05, 3.63) is 29.3 Å². The minimum Gasteiger partial charge on any atom is -0.384 e. The highest BCUT2D eigenvalue weighted by Crippen LogP contribution is 2.17. The predicted molar refractivity (Wildman–Crippen MR) is 67.2 cm³/mol. The van der Waals surface area contributed by atoms with Crippen molar-refractivity contribution in [3.8, 4) is 0 Å². The molecular formula is C13H22N2. The molecule has 0 aliphatic heterocycles. The molecular weight excluding hydrogens is 184 g/mol. The van der Waals surface area contributed by atoms with Crippen molar-refractivity contribution >= 4 is 5.69 Å². The van der Waals surface area contributed by atoms with Gasteiger partial charge in [0.2, 0.25) is 0 Å². The largest absolute Gasteiger partial charge is 0.384 e. The molecule has 0 aliphatic rings. The zero-order chi connectivity index (χ0) is 11.5. The van der Waals surface area contributed by atoms with Crippen LogP contribution >= 0.6 is 0 Å². The van der Waals surface area contributed by atoms with Crippen molar-refractivity contribution in [2.45, 2.75) is 27.7 Å². The summed E-state index contributed by atoms with van der Waals surface area (Å²) in [5, 5.41) is 3.42. The Morgan fingerprint density at radius 2 is 1.87 bits per heavy atom. The molecule has 0 spiro atoms. The summed E-state index contributed by atoms with van der Waals surface area (Å²) in [5.74, 6) is 0. The van der Waals surface area contributed by atoms with E-state index in [1.165, 1.54) is 16.8 Å². The van der Waals surface area contributed by atoms with Crippen LogP contribution in [0.25, 0.3) is 0 Å². The average molecular weight is 206 g/mol. The van der Waals surface area contributed by atoms with Crippen LogP contribution in [0, 0.1) is 19.3 Å². The monoisotopic (exact) mass is 206 g/mol. The zero-order valence-electron chi connectivity index (χ0n) is 10.2. The van der Waals surface area contributed by atoms with Crippen molar-refractivity contribution in [2.24, 2.45) is 11.1 Å². The van der Waals surface area contributed by atoms with Crippen LogP contribution in [0.5, 0.6) is 0 Å². The summed E-state index contributed by atoms with van der Waals surface area (Å²) in [5.41, 5.74) is 9.67. The fourth-order valence-electron chi connectivity index (χ4n) is 1.26. The topological polar surface area (TPSA) is 38.0 Å². The molecule has 0 aliphatic carbocycles. The summed E-state index contributed by atoms with van der Waals surface area (Å²) in [7, 11) is 0. The molecule has 1 aromatic carbocycles. The number of hydrogen-bond acceptors (Lipinski definition) is 2. The van der Waals surface area contributed by atoms with Crippen molar-refractivity contribution in [2.75, 3.05) is 18.4 Å². The lowest BCUT2D eigenvalue weighted by molar-refractivity contribution is 0.405. The Bertz CT molecular complexity index is 329. The van der Waals surface area contributed by atoms with Crippen molar-refractivity contribution in [1.82, 2.24) is 0 Å². The van der Waals surface area contributed by atoms with E-state index in [0.29, 0.717) is 6.54 Å². The molecule has 0 atom stereocenters. The second-order valence-corrected chi connectivity index (χ2v) is 5.02. The maximum absolute atomic E-state index is 5.68. The first-order valence-corrected chi connectivity index (χ1v) is 5.46. The number of anilines is 1. The van der Waals surface area contributed by atoms with Crippen LogP contribution in [0.4, 0.5) is 5.69 Å². The highest BCUT2D eigenvalue weighted by atomic mass is 14.9. The fraction of sp³-hybridized carbons (Fsp3) is 0.538. The van der Waals surface area contributed by atoms with E-state index in [1.54, 1.807) is 0 Å². The molecule has 1 aromatic rings. The molecule has 3 N–H and O–H groups in total. The third-order valence-electron chi connectivity index (χ3n) is 2.83. The van der Waals surface area contributed by atoms with E-state index in [-0.39, 0.29) is 5.41 Å². The molecule has 0 fully saturated rings. The van der Waals surface area contributed by atoms with Crippen molar-refractivity contribution in [1.29, 1.82) is 0 Å². The highest BCUT2D eigenvalue weighted by molar-refractivity contribution is 5.48. The Hall–Kier alpha value is -1.02. The first-order valence-electron chi connectivity index (χ1n) is 5.46. The summed E-state index contributed by atoms with van der Waals surface area (Å²) in [6, 6.07) is 6.45. The van der Waals surface area contributed by atoms with E-state index in [1.807, 2.05) is 0 Å². The van der Waals surface area contributed by atoms with E-state index < -0.39 is 0 Å². The summed E-state index contributed by atoms with van der Waals surface area (Å²) in [6.07, 6.45) is 0. The maximum atomic E-state index is 5.68. The molecule has 0 unspecified atom stereocenters. The quantitative estimate of drug-likeness (QED) is 0.795. The second-order valence-electron chi connectivity index (χ2n) is 5.02. The first kappa shape index (κ1) is 12.1. The summed E-state index contributed by atoms with van der Waals surface area (Å²) in [6.45, 7) is 10.2. The molecule has 0 amide bonds. The molecule has 0 bridgehead atoms. The number of nitrogens with two attached hydrogens (primary N) is 1. The number of rotatable bonds is 4. The van der Waals surface area contributed by atoms with Gasteiger partial charge in [-0.15, -0.1) is 0 Å². The van der Waals surface area contributed by atoms with Gasteiger partial charge < -0.3 is 11.1 Å². The molecule has 2 nitrogen and oxygen atoms in total. The molecule has 0 aromatic heterocycles. The second kappa shape index (κ2) is 4.67. The standard InChI is InChI=1S/C13H22N2/c1-10-5-6-12(7-11(10)2)15-9-13(3,4)8-14/h5-7,15H,8-9,14H2,1-4H3. The van der Waals surface area contributed by atoms with E-state index in [4.69, 9.17) is 5.73 Å². The third kappa shape index (κ3) is 3.56. The van der Waals surface area contributed by atoms with Gasteiger partial charge in [-0.3, -0.25) is 0 Å². The van der Waals surface area contributed by atoms with Gasteiger partial charge in [0.1, 0.15) is 0 Å². The lowest BCUT2D eigenvalue weighted by Crippen LogP contribution is -2.31. The Balaban J connectivity index is 2.62. The minimum atomic E-state index is 0.152. The number of hydrogen-bond donors (Lipinski definition) is 2. The third-order valence-corrected chi connectivity index (χ3v) is 2.83. The van der Waals surface area contributed by atoms with Gasteiger partial charge in [-0.1, -0.05) is 19.9 Å². The average Bonchev–Trinajstić information content (AvgIpc) is 2.20. The summed E-state index contributed by atoms with van der Waals surface area (Å²) < 4.78 is 0. The molecule has 84 valence electrons. The van der Waals surface area contributed by atoms with Crippen LogP contribution in [0.1, 0.15) is 25.0 Å². The van der Waals surface area contributed by atoms with Crippen molar-refractivity contribution in [3.63, 3.8) is 0 Å². The van der Waals surface area contributed by atoms with E-state index in [0.717, 1.165) is 6.54 Å². The molecule has 1 rings (SSSR count). The predicted octanol–water partition coefficient (Wildman–Crippen LogP) is 2.70. The van der Waals surface area contributed by atoms with E-state index in [9.17, 15) is 0 Å². The first-order chi connectivity index (χ1) is 6.94. The van der Waals surface area contributed by atoms with Crippen LogP contribution < -0.4 is 11.1 Å². The Morgan fingerprint density at radius 3 is 2.40 bits per heavy atom. The SMILES string of the molecule is Cc1ccc(NCC(C)(C)CN)cc1C. The van der Waals surface area contributed by atoms with Gasteiger partial charge >= 0.3 is 0 Å². The summed E-state index contributed by atoms with van der Waals surface area (Å²) >= 11 is 0. The number of nitrogens with one attached hydrogen (secondary N) is 1. The Morgan fingerprint density at radius 1 is 1.20 bits per heavy atom. The molecule has 2 heteroatoms. The minimum absolute atomic E-state index is 0.152. The van der Waals surface area contributed by atoms with Crippen LogP contribution in [0.2, 0.25) is 0 Å². The van der Waals surface area contributed by atoms with Gasteiger partial charge in [0.05, 0.1) is 0 Å². The molecule has 0 radical (unpaired) electrons. The summed E-state index contributed by atoms with van der Waals surface area (Å²) in [4.78, 5) is 0. The highest BCUT2D eigenvalue weighted by Gasteiger charge is 2.14.